The molecule has 1 atom stereocenters. The molecule has 0 spiro atoms. The minimum Gasteiger partial charge on any atom is -0.508 e. The first kappa shape index (κ1) is 12.7. The van der Waals surface area contributed by atoms with Gasteiger partial charge in [0, 0.05) is 45.4 Å². The number of hydrogen-bond donors (Lipinski definition) is 2. The second kappa shape index (κ2) is 5.66. The van der Waals surface area contributed by atoms with Crippen molar-refractivity contribution >= 4 is 45.0 Å². The lowest BCUT2D eigenvalue weighted by molar-refractivity contribution is -0.139. The van der Waals surface area contributed by atoms with E-state index in [1.165, 1.54) is 2.14 Å². The van der Waals surface area contributed by atoms with Crippen LogP contribution in [0.1, 0.15) is 5.56 Å². The standard InChI is InChI=1S/C9H9BrINO3/c10-12(11)8(9(14)15)5-6-1-3-7(13)4-2-6/h1-4,8,13H,5H2,(H,14,15). The molecule has 0 fully saturated rings. The normalized spacial score (nSPS) is 12.7. The Morgan fingerprint density at radius 1 is 1.47 bits per heavy atom. The maximum Gasteiger partial charge on any atom is 0.323 e. The van der Waals surface area contributed by atoms with Gasteiger partial charge in [0.15, 0.2) is 0 Å². The third kappa shape index (κ3) is 3.96. The Labute approximate surface area is 110 Å². The molecular formula is C9H9BrINO3. The molecule has 1 aromatic rings. The number of nitrogens with zero attached hydrogens (tertiary/aromatic N) is 1. The van der Waals surface area contributed by atoms with Crippen molar-refractivity contribution in [1.82, 2.24) is 2.14 Å². The van der Waals surface area contributed by atoms with E-state index in [1.54, 1.807) is 24.3 Å². The predicted octanol–water partition coefficient (Wildman–Crippen LogP) is 2.35. The predicted molar refractivity (Wildman–Crippen MR) is 68.0 cm³/mol. The van der Waals surface area contributed by atoms with Crippen LogP contribution in [0.3, 0.4) is 0 Å². The Kier molecular flexibility index (Phi) is 4.81. The monoisotopic (exact) mass is 385 g/mol. The van der Waals surface area contributed by atoms with Crippen molar-refractivity contribution in [3.05, 3.63) is 29.8 Å². The number of hydrogen-bond acceptors (Lipinski definition) is 3. The third-order valence-electron chi connectivity index (χ3n) is 1.89. The maximum atomic E-state index is 10.9. The average molecular weight is 386 g/mol. The third-order valence-corrected chi connectivity index (χ3v) is 3.05. The first-order valence-electron chi connectivity index (χ1n) is 4.12. The molecule has 0 amide bonds. The number of benzene rings is 1. The molecule has 1 unspecified atom stereocenters. The highest BCUT2D eigenvalue weighted by Gasteiger charge is 2.22. The van der Waals surface area contributed by atoms with Crippen LogP contribution in [0, 0.1) is 0 Å². The molecule has 0 saturated carbocycles. The van der Waals surface area contributed by atoms with E-state index >= 15 is 0 Å². The minimum absolute atomic E-state index is 0.177. The molecule has 1 aromatic carbocycles. The van der Waals surface area contributed by atoms with Gasteiger partial charge < -0.3 is 10.2 Å². The molecule has 0 heterocycles. The molecule has 4 nitrogen and oxygen atoms in total. The van der Waals surface area contributed by atoms with E-state index in [1.807, 2.05) is 22.9 Å². The fourth-order valence-electron chi connectivity index (χ4n) is 1.10. The summed E-state index contributed by atoms with van der Waals surface area (Å²) in [6.45, 7) is 0. The van der Waals surface area contributed by atoms with E-state index in [2.05, 4.69) is 16.1 Å². The summed E-state index contributed by atoms with van der Waals surface area (Å²) in [4.78, 5) is 10.9. The minimum atomic E-state index is -0.894. The summed E-state index contributed by atoms with van der Waals surface area (Å²) >= 11 is 4.98. The molecule has 15 heavy (non-hydrogen) atoms. The summed E-state index contributed by atoms with van der Waals surface area (Å²) < 4.78 is 1.44. The summed E-state index contributed by atoms with van der Waals surface area (Å²) in [6.07, 6.45) is 0.379. The van der Waals surface area contributed by atoms with Crippen LogP contribution in [-0.4, -0.2) is 24.4 Å². The SMILES string of the molecule is O=C(O)C(Cc1ccc(O)cc1)N(Br)I. The Balaban J connectivity index is 2.74. The van der Waals surface area contributed by atoms with Gasteiger partial charge in [-0.15, -0.1) is 0 Å². The van der Waals surface area contributed by atoms with Crippen LogP contribution in [0.4, 0.5) is 0 Å². The van der Waals surface area contributed by atoms with Crippen LogP contribution in [0.15, 0.2) is 24.3 Å². The number of aromatic hydroxyl groups is 1. The van der Waals surface area contributed by atoms with E-state index in [0.717, 1.165) is 5.56 Å². The van der Waals surface area contributed by atoms with Crippen LogP contribution in [0.25, 0.3) is 0 Å². The number of carboxylic acids is 1. The summed E-state index contributed by atoms with van der Waals surface area (Å²) in [5, 5.41) is 18.0. The maximum absolute atomic E-state index is 10.9. The van der Waals surface area contributed by atoms with Crippen molar-refractivity contribution in [2.45, 2.75) is 12.5 Å². The average Bonchev–Trinajstić information content (AvgIpc) is 2.15. The highest BCUT2D eigenvalue weighted by molar-refractivity contribution is 14.1. The molecule has 0 radical (unpaired) electrons. The summed E-state index contributed by atoms with van der Waals surface area (Å²) in [5.41, 5.74) is 0.862. The van der Waals surface area contributed by atoms with Gasteiger partial charge in [0.2, 0.25) is 0 Å². The zero-order chi connectivity index (χ0) is 11.4. The fourth-order valence-corrected chi connectivity index (χ4v) is 1.85. The summed E-state index contributed by atoms with van der Waals surface area (Å²) in [7, 11) is 0. The van der Waals surface area contributed by atoms with Gasteiger partial charge in [0.25, 0.3) is 0 Å². The lowest BCUT2D eigenvalue weighted by Crippen LogP contribution is -2.30. The molecule has 6 heteroatoms. The number of carboxylic acid groups (broad SMARTS) is 1. The molecule has 1 rings (SSSR count). The van der Waals surface area contributed by atoms with Crippen LogP contribution < -0.4 is 0 Å². The van der Waals surface area contributed by atoms with Crippen molar-refractivity contribution in [2.75, 3.05) is 0 Å². The molecular weight excluding hydrogens is 377 g/mol. The quantitative estimate of drug-likeness (QED) is 0.617. The second-order valence-corrected chi connectivity index (χ2v) is 6.11. The van der Waals surface area contributed by atoms with E-state index in [-0.39, 0.29) is 5.75 Å². The van der Waals surface area contributed by atoms with Crippen LogP contribution in [0.2, 0.25) is 0 Å². The largest absolute Gasteiger partial charge is 0.508 e. The molecule has 0 aliphatic heterocycles. The zero-order valence-corrected chi connectivity index (χ0v) is 11.3. The smallest absolute Gasteiger partial charge is 0.323 e. The first-order valence-corrected chi connectivity index (χ1v) is 5.79. The van der Waals surface area contributed by atoms with E-state index in [9.17, 15) is 4.79 Å². The Morgan fingerprint density at radius 2 is 2.00 bits per heavy atom. The number of carbonyl (C=O) groups is 1. The summed E-state index contributed by atoms with van der Waals surface area (Å²) in [6, 6.07) is 5.87. The molecule has 82 valence electrons. The second-order valence-electron chi connectivity index (χ2n) is 2.98. The van der Waals surface area contributed by atoms with Crippen LogP contribution >= 0.6 is 39.0 Å². The van der Waals surface area contributed by atoms with Gasteiger partial charge in [0.1, 0.15) is 11.8 Å². The van der Waals surface area contributed by atoms with Crippen molar-refractivity contribution in [2.24, 2.45) is 0 Å². The molecule has 0 aliphatic carbocycles. The lowest BCUT2D eigenvalue weighted by Gasteiger charge is -2.15. The fraction of sp³-hybridized carbons (Fsp3) is 0.222. The van der Waals surface area contributed by atoms with Gasteiger partial charge in [0.05, 0.1) is 0 Å². The van der Waals surface area contributed by atoms with E-state index in [4.69, 9.17) is 10.2 Å². The molecule has 2 N–H and O–H groups in total. The van der Waals surface area contributed by atoms with Gasteiger partial charge in [-0.2, -0.15) is 2.14 Å². The zero-order valence-electron chi connectivity index (χ0n) is 7.60. The Morgan fingerprint density at radius 3 is 2.40 bits per heavy atom. The van der Waals surface area contributed by atoms with E-state index < -0.39 is 12.0 Å². The molecule has 0 aliphatic rings. The van der Waals surface area contributed by atoms with Gasteiger partial charge in [-0.05, 0) is 17.7 Å². The lowest BCUT2D eigenvalue weighted by atomic mass is 10.1. The van der Waals surface area contributed by atoms with Crippen molar-refractivity contribution in [1.29, 1.82) is 0 Å². The number of phenols is 1. The van der Waals surface area contributed by atoms with E-state index in [0.29, 0.717) is 6.42 Å². The van der Waals surface area contributed by atoms with Crippen LogP contribution in [-0.2, 0) is 11.2 Å². The summed E-state index contributed by atoms with van der Waals surface area (Å²) in [5.74, 6) is -0.717. The topological polar surface area (TPSA) is 60.8 Å². The molecule has 0 saturated heterocycles. The van der Waals surface area contributed by atoms with Gasteiger partial charge in [-0.25, -0.2) is 0 Å². The van der Waals surface area contributed by atoms with Crippen molar-refractivity contribution in [3.63, 3.8) is 0 Å². The highest BCUT2D eigenvalue weighted by atomic mass is 127. The van der Waals surface area contributed by atoms with Gasteiger partial charge in [-0.1, -0.05) is 12.1 Å². The van der Waals surface area contributed by atoms with Gasteiger partial charge in [-0.3, -0.25) is 4.79 Å². The molecule has 0 bridgehead atoms. The highest BCUT2D eigenvalue weighted by Crippen LogP contribution is 2.19. The number of rotatable bonds is 4. The number of phenolic OH excluding ortho intramolecular Hbond substituents is 1. The van der Waals surface area contributed by atoms with Crippen molar-refractivity contribution in [3.8, 4) is 5.75 Å². The van der Waals surface area contributed by atoms with Gasteiger partial charge >= 0.3 is 5.97 Å². The number of aliphatic carboxylic acids is 1. The Hall–Kier alpha value is -0.340. The first-order chi connectivity index (χ1) is 7.00. The number of halogens is 2. The Bertz CT molecular complexity index is 342. The van der Waals surface area contributed by atoms with Crippen LogP contribution in [0.5, 0.6) is 5.75 Å². The van der Waals surface area contributed by atoms with Crippen molar-refractivity contribution < 1.29 is 15.0 Å². The molecule has 0 aromatic heterocycles.